The molecule has 2 aromatic heterocycles. The lowest BCUT2D eigenvalue weighted by Gasteiger charge is -2.25. The van der Waals surface area contributed by atoms with Crippen molar-refractivity contribution in [1.82, 2.24) is 15.0 Å². The molecule has 25 heavy (non-hydrogen) atoms. The molecule has 2 aliphatic rings. The smallest absolute Gasteiger partial charge is 0.125 e. The molecule has 0 spiro atoms. The Kier molecular flexibility index (Phi) is 2.56. The van der Waals surface area contributed by atoms with Gasteiger partial charge in [0.15, 0.2) is 0 Å². The number of nitrogens with zero attached hydrogens (tertiary/aromatic N) is 3. The molecule has 0 amide bonds. The van der Waals surface area contributed by atoms with Crippen molar-refractivity contribution in [2.75, 3.05) is 0 Å². The lowest BCUT2D eigenvalue weighted by atomic mass is 9.77. The third-order valence-corrected chi connectivity index (χ3v) is 6.06. The Morgan fingerprint density at radius 3 is 2.40 bits per heavy atom. The second kappa shape index (κ2) is 4.34. The first-order chi connectivity index (χ1) is 11.8. The summed E-state index contributed by atoms with van der Waals surface area (Å²) in [6.45, 7) is 11.1. The summed E-state index contributed by atoms with van der Waals surface area (Å²) in [4.78, 5) is 14.0. The van der Waals surface area contributed by atoms with Crippen molar-refractivity contribution in [1.29, 1.82) is 0 Å². The van der Waals surface area contributed by atoms with Gasteiger partial charge in [0.2, 0.25) is 0 Å². The zero-order valence-corrected chi connectivity index (χ0v) is 15.3. The molecule has 0 N–H and O–H groups in total. The Balaban J connectivity index is 1.94. The number of aryl methyl sites for hydroxylation is 1. The van der Waals surface area contributed by atoms with Crippen molar-refractivity contribution in [3.63, 3.8) is 0 Å². The van der Waals surface area contributed by atoms with E-state index in [-0.39, 0.29) is 10.8 Å². The minimum atomic E-state index is -0.0825. The highest BCUT2D eigenvalue weighted by molar-refractivity contribution is 5.91. The summed E-state index contributed by atoms with van der Waals surface area (Å²) in [6.07, 6.45) is 3.90. The highest BCUT2D eigenvalue weighted by Gasteiger charge is 2.45. The molecule has 3 aromatic rings. The van der Waals surface area contributed by atoms with Crippen LogP contribution in [0.5, 0.6) is 0 Å². The van der Waals surface area contributed by atoms with Crippen LogP contribution in [0, 0.1) is 6.92 Å². The Bertz CT molecular complexity index is 1060. The molecular formula is C22H21N3. The molecule has 5 rings (SSSR count). The zero-order valence-electron chi connectivity index (χ0n) is 15.3. The van der Waals surface area contributed by atoms with E-state index in [1.54, 1.807) is 0 Å². The molecule has 2 aliphatic carbocycles. The van der Waals surface area contributed by atoms with E-state index in [9.17, 15) is 0 Å². The molecule has 0 saturated heterocycles. The topological polar surface area (TPSA) is 38.7 Å². The quantitative estimate of drug-likeness (QED) is 0.596. The third kappa shape index (κ3) is 1.63. The van der Waals surface area contributed by atoms with E-state index in [0.29, 0.717) is 0 Å². The number of rotatable bonds is 0. The van der Waals surface area contributed by atoms with Crippen LogP contribution in [0.25, 0.3) is 22.5 Å². The van der Waals surface area contributed by atoms with E-state index in [2.05, 4.69) is 50.9 Å². The van der Waals surface area contributed by atoms with Gasteiger partial charge in [-0.1, -0.05) is 45.9 Å². The summed E-state index contributed by atoms with van der Waals surface area (Å²) >= 11 is 0. The summed E-state index contributed by atoms with van der Waals surface area (Å²) in [6, 6.07) is 8.77. The number of hydrogen-bond acceptors (Lipinski definition) is 3. The van der Waals surface area contributed by atoms with Crippen LogP contribution in [0.1, 0.15) is 55.8 Å². The highest BCUT2D eigenvalue weighted by atomic mass is 14.9. The standard InChI is InChI=1S/C22H21N3/c1-12-24-11-16-20(25-12)17-14(21(16,2)3)9-8-13-18(17)22(4,5)15-7-6-10-23-19(13)15/h6-11H,1-5H3. The van der Waals surface area contributed by atoms with Gasteiger partial charge in [-0.05, 0) is 29.7 Å². The molecule has 0 radical (unpaired) electrons. The van der Waals surface area contributed by atoms with Crippen molar-refractivity contribution < 1.29 is 0 Å². The number of pyridine rings is 1. The lowest BCUT2D eigenvalue weighted by Crippen LogP contribution is -2.18. The fourth-order valence-corrected chi connectivity index (χ4v) is 4.74. The Morgan fingerprint density at radius 2 is 1.60 bits per heavy atom. The molecule has 0 unspecified atom stereocenters. The Hall–Kier alpha value is -2.55. The Morgan fingerprint density at radius 1 is 0.800 bits per heavy atom. The van der Waals surface area contributed by atoms with Crippen LogP contribution >= 0.6 is 0 Å². The maximum absolute atomic E-state index is 4.87. The first-order valence-electron chi connectivity index (χ1n) is 8.82. The maximum Gasteiger partial charge on any atom is 0.125 e. The fourth-order valence-electron chi connectivity index (χ4n) is 4.74. The zero-order chi connectivity index (χ0) is 17.6. The third-order valence-electron chi connectivity index (χ3n) is 6.06. The molecule has 3 heteroatoms. The predicted molar refractivity (Wildman–Crippen MR) is 99.7 cm³/mol. The van der Waals surface area contributed by atoms with Crippen LogP contribution in [0.4, 0.5) is 0 Å². The lowest BCUT2D eigenvalue weighted by molar-refractivity contribution is 0.645. The highest BCUT2D eigenvalue weighted by Crippen LogP contribution is 2.57. The molecule has 0 atom stereocenters. The molecular weight excluding hydrogens is 306 g/mol. The van der Waals surface area contributed by atoms with E-state index in [1.165, 1.54) is 33.4 Å². The monoisotopic (exact) mass is 327 g/mol. The first-order valence-corrected chi connectivity index (χ1v) is 8.82. The molecule has 0 bridgehead atoms. The summed E-state index contributed by atoms with van der Waals surface area (Å²) in [5, 5.41) is 0. The average Bonchev–Trinajstić information content (AvgIpc) is 2.95. The van der Waals surface area contributed by atoms with Gasteiger partial charge in [-0.25, -0.2) is 9.97 Å². The van der Waals surface area contributed by atoms with Crippen molar-refractivity contribution in [2.45, 2.75) is 45.4 Å². The van der Waals surface area contributed by atoms with Crippen molar-refractivity contribution in [2.24, 2.45) is 0 Å². The van der Waals surface area contributed by atoms with Crippen LogP contribution in [0.2, 0.25) is 0 Å². The van der Waals surface area contributed by atoms with Gasteiger partial charge in [0.05, 0.1) is 11.4 Å². The van der Waals surface area contributed by atoms with Crippen LogP contribution in [-0.2, 0) is 10.8 Å². The van der Waals surface area contributed by atoms with Gasteiger partial charge < -0.3 is 0 Å². The van der Waals surface area contributed by atoms with Gasteiger partial charge in [-0.3, -0.25) is 4.98 Å². The van der Waals surface area contributed by atoms with Gasteiger partial charge in [0.25, 0.3) is 0 Å². The second-order valence-electron chi connectivity index (χ2n) is 8.24. The van der Waals surface area contributed by atoms with E-state index >= 15 is 0 Å². The summed E-state index contributed by atoms with van der Waals surface area (Å²) in [5.74, 6) is 0.825. The SMILES string of the molecule is Cc1ncc2c(n1)-c1c(ccc3c1C(C)(C)c1cccnc1-3)C2(C)C. The van der Waals surface area contributed by atoms with Gasteiger partial charge in [0, 0.05) is 39.9 Å². The van der Waals surface area contributed by atoms with Crippen LogP contribution < -0.4 is 0 Å². The number of fused-ring (bicyclic) bond motifs is 7. The molecule has 0 aliphatic heterocycles. The van der Waals surface area contributed by atoms with Crippen LogP contribution in [0.3, 0.4) is 0 Å². The minimum absolute atomic E-state index is 0.0777. The van der Waals surface area contributed by atoms with Gasteiger partial charge >= 0.3 is 0 Å². The second-order valence-corrected chi connectivity index (χ2v) is 8.24. The summed E-state index contributed by atoms with van der Waals surface area (Å²) in [5.41, 5.74) is 9.84. The normalized spacial score (nSPS) is 17.6. The Labute approximate surface area is 148 Å². The molecule has 124 valence electrons. The number of aromatic nitrogens is 3. The average molecular weight is 327 g/mol. The molecule has 3 nitrogen and oxygen atoms in total. The minimum Gasteiger partial charge on any atom is -0.256 e. The van der Waals surface area contributed by atoms with E-state index < -0.39 is 0 Å². The molecule has 1 aromatic carbocycles. The summed E-state index contributed by atoms with van der Waals surface area (Å²) in [7, 11) is 0. The van der Waals surface area contributed by atoms with Crippen LogP contribution in [0.15, 0.2) is 36.7 Å². The largest absolute Gasteiger partial charge is 0.256 e. The fraction of sp³-hybridized carbons (Fsp3) is 0.318. The number of hydrogen-bond donors (Lipinski definition) is 0. The van der Waals surface area contributed by atoms with E-state index in [4.69, 9.17) is 9.97 Å². The van der Waals surface area contributed by atoms with Crippen molar-refractivity contribution >= 4 is 0 Å². The van der Waals surface area contributed by atoms with Crippen molar-refractivity contribution in [3.8, 4) is 22.5 Å². The molecule has 2 heterocycles. The first kappa shape index (κ1) is 14.8. The van der Waals surface area contributed by atoms with Crippen molar-refractivity contribution in [3.05, 3.63) is 64.7 Å². The van der Waals surface area contributed by atoms with Gasteiger partial charge in [0.1, 0.15) is 5.82 Å². The number of benzene rings is 1. The predicted octanol–water partition coefficient (Wildman–Crippen LogP) is 4.79. The van der Waals surface area contributed by atoms with Gasteiger partial charge in [-0.15, -0.1) is 0 Å². The van der Waals surface area contributed by atoms with Crippen LogP contribution in [-0.4, -0.2) is 15.0 Å². The maximum atomic E-state index is 4.87. The summed E-state index contributed by atoms with van der Waals surface area (Å²) < 4.78 is 0. The van der Waals surface area contributed by atoms with E-state index in [0.717, 1.165) is 17.2 Å². The molecule has 0 fully saturated rings. The molecule has 0 saturated carbocycles. The van der Waals surface area contributed by atoms with E-state index in [1.807, 2.05) is 25.4 Å². The van der Waals surface area contributed by atoms with Gasteiger partial charge in [-0.2, -0.15) is 0 Å².